The van der Waals surface area contributed by atoms with E-state index in [1.54, 1.807) is 0 Å². The number of benzene rings is 1. The van der Waals surface area contributed by atoms with Gasteiger partial charge in [0, 0.05) is 4.90 Å². The molecule has 0 saturated carbocycles. The summed E-state index contributed by atoms with van der Waals surface area (Å²) in [6.45, 7) is 7.18. The molecule has 2 rings (SSSR count). The van der Waals surface area contributed by atoms with Crippen LogP contribution >= 0.6 is 11.8 Å². The fourth-order valence-corrected chi connectivity index (χ4v) is 3.86. The second kappa shape index (κ2) is 9.82. The van der Waals surface area contributed by atoms with Gasteiger partial charge in [-0.05, 0) is 69.5 Å². The van der Waals surface area contributed by atoms with Crippen molar-refractivity contribution in [1.82, 2.24) is 5.32 Å². The normalized spacial score (nSPS) is 16.6. The van der Waals surface area contributed by atoms with Gasteiger partial charge in [0.25, 0.3) is 0 Å². The van der Waals surface area contributed by atoms with Gasteiger partial charge in [0.15, 0.2) is 0 Å². The van der Waals surface area contributed by atoms with Crippen LogP contribution in [0.25, 0.3) is 0 Å². The largest absolute Gasteiger partial charge is 0.494 e. The van der Waals surface area contributed by atoms with Gasteiger partial charge in [0.05, 0.1) is 11.9 Å². The lowest BCUT2D eigenvalue weighted by atomic mass is 9.94. The van der Waals surface area contributed by atoms with Crippen LogP contribution in [0.1, 0.15) is 39.5 Å². The van der Waals surface area contributed by atoms with Crippen LogP contribution in [-0.2, 0) is 0 Å². The molecular formula is C19H27NOS. The van der Waals surface area contributed by atoms with E-state index in [4.69, 9.17) is 4.74 Å². The molecule has 1 aromatic rings. The number of hydrogen-bond acceptors (Lipinski definition) is 3. The van der Waals surface area contributed by atoms with Gasteiger partial charge in [-0.15, -0.1) is 17.7 Å². The Labute approximate surface area is 139 Å². The Morgan fingerprint density at radius 2 is 2.00 bits per heavy atom. The number of rotatable bonds is 7. The molecule has 0 radical (unpaired) electrons. The zero-order valence-electron chi connectivity index (χ0n) is 13.7. The molecule has 1 aliphatic heterocycles. The smallest absolute Gasteiger partial charge is 0.119 e. The molecule has 22 heavy (non-hydrogen) atoms. The molecule has 0 aromatic heterocycles. The number of nitrogens with one attached hydrogen (secondary N) is 1. The van der Waals surface area contributed by atoms with Crippen LogP contribution in [0.5, 0.6) is 5.75 Å². The van der Waals surface area contributed by atoms with E-state index >= 15 is 0 Å². The average molecular weight is 317 g/mol. The Morgan fingerprint density at radius 1 is 1.27 bits per heavy atom. The minimum Gasteiger partial charge on any atom is -0.494 e. The summed E-state index contributed by atoms with van der Waals surface area (Å²) in [7, 11) is 0. The van der Waals surface area contributed by atoms with Crippen molar-refractivity contribution in [2.24, 2.45) is 5.92 Å². The van der Waals surface area contributed by atoms with Crippen LogP contribution in [0.4, 0.5) is 0 Å². The summed E-state index contributed by atoms with van der Waals surface area (Å²) in [5.74, 6) is 8.19. The summed E-state index contributed by atoms with van der Waals surface area (Å²) >= 11 is 1.90. The van der Waals surface area contributed by atoms with Crippen LogP contribution in [-0.4, -0.2) is 24.9 Å². The predicted octanol–water partition coefficient (Wildman–Crippen LogP) is 4.35. The highest BCUT2D eigenvalue weighted by molar-refractivity contribution is 8.00. The minimum atomic E-state index is 0.402. The first kappa shape index (κ1) is 17.2. The highest BCUT2D eigenvalue weighted by atomic mass is 32.2. The van der Waals surface area contributed by atoms with Gasteiger partial charge in [-0.2, -0.15) is 0 Å². The third-order valence-electron chi connectivity index (χ3n) is 3.95. The first-order valence-corrected chi connectivity index (χ1v) is 9.24. The standard InChI is InChI=1S/C19H27NOS/c1-3-5-15-21-17-7-9-18(10-8-17)22-19(6-4-2)16-11-13-20-14-12-16/h7-10,16,19-20H,3,5,11-15H2,1-2H3. The molecule has 0 aliphatic carbocycles. The molecule has 1 aliphatic rings. The van der Waals surface area contributed by atoms with Crippen LogP contribution in [0.3, 0.4) is 0 Å². The van der Waals surface area contributed by atoms with Crippen molar-refractivity contribution < 1.29 is 4.74 Å². The van der Waals surface area contributed by atoms with E-state index in [1.165, 1.54) is 24.2 Å². The van der Waals surface area contributed by atoms with Gasteiger partial charge in [0.2, 0.25) is 0 Å². The molecule has 0 spiro atoms. The number of thioether (sulfide) groups is 1. The molecule has 2 nitrogen and oxygen atoms in total. The van der Waals surface area contributed by atoms with Crippen molar-refractivity contribution in [3.63, 3.8) is 0 Å². The maximum absolute atomic E-state index is 5.72. The van der Waals surface area contributed by atoms with Gasteiger partial charge in [0.1, 0.15) is 5.75 Å². The number of hydrogen-bond donors (Lipinski definition) is 1. The predicted molar refractivity (Wildman–Crippen MR) is 95.5 cm³/mol. The van der Waals surface area contributed by atoms with E-state index in [-0.39, 0.29) is 0 Å². The summed E-state index contributed by atoms with van der Waals surface area (Å²) in [5.41, 5.74) is 0. The first-order valence-electron chi connectivity index (χ1n) is 8.36. The van der Waals surface area contributed by atoms with Crippen molar-refractivity contribution in [2.75, 3.05) is 19.7 Å². The molecule has 3 heteroatoms. The van der Waals surface area contributed by atoms with Gasteiger partial charge < -0.3 is 10.1 Å². The number of piperidine rings is 1. The fourth-order valence-electron chi connectivity index (χ4n) is 2.63. The van der Waals surface area contributed by atoms with Crippen molar-refractivity contribution >= 4 is 11.8 Å². The maximum Gasteiger partial charge on any atom is 0.119 e. The van der Waals surface area contributed by atoms with E-state index in [1.807, 2.05) is 18.7 Å². The minimum absolute atomic E-state index is 0.402. The molecule has 0 amide bonds. The van der Waals surface area contributed by atoms with Gasteiger partial charge >= 0.3 is 0 Å². The van der Waals surface area contributed by atoms with Crippen LogP contribution in [0.15, 0.2) is 29.2 Å². The third-order valence-corrected chi connectivity index (χ3v) is 5.25. The lowest BCUT2D eigenvalue weighted by Gasteiger charge is -2.27. The van der Waals surface area contributed by atoms with Gasteiger partial charge in [-0.25, -0.2) is 0 Å². The van der Waals surface area contributed by atoms with Crippen molar-refractivity contribution in [2.45, 2.75) is 49.7 Å². The quantitative estimate of drug-likeness (QED) is 0.459. The van der Waals surface area contributed by atoms with Gasteiger partial charge in [-0.3, -0.25) is 0 Å². The van der Waals surface area contributed by atoms with Crippen molar-refractivity contribution in [1.29, 1.82) is 0 Å². The highest BCUT2D eigenvalue weighted by Crippen LogP contribution is 2.32. The Kier molecular flexibility index (Phi) is 7.70. The van der Waals surface area contributed by atoms with Crippen molar-refractivity contribution in [3.8, 4) is 17.6 Å². The molecule has 1 aromatic carbocycles. The van der Waals surface area contributed by atoms with Crippen molar-refractivity contribution in [3.05, 3.63) is 24.3 Å². The lowest BCUT2D eigenvalue weighted by Crippen LogP contribution is -2.32. The Bertz CT molecular complexity index is 482. The molecule has 1 fully saturated rings. The van der Waals surface area contributed by atoms with E-state index in [9.17, 15) is 0 Å². The SMILES string of the molecule is CC#CC(Sc1ccc(OCCCC)cc1)C1CCNCC1. The van der Waals surface area contributed by atoms with E-state index in [0.29, 0.717) is 11.2 Å². The number of ether oxygens (including phenoxy) is 1. The lowest BCUT2D eigenvalue weighted by molar-refractivity contribution is 0.309. The highest BCUT2D eigenvalue weighted by Gasteiger charge is 2.22. The average Bonchev–Trinajstić information content (AvgIpc) is 2.57. The van der Waals surface area contributed by atoms with E-state index in [2.05, 4.69) is 48.3 Å². The van der Waals surface area contributed by atoms with E-state index in [0.717, 1.165) is 31.9 Å². The third kappa shape index (κ3) is 5.59. The molecule has 1 atom stereocenters. The van der Waals surface area contributed by atoms with Crippen LogP contribution in [0.2, 0.25) is 0 Å². The molecule has 1 saturated heterocycles. The first-order chi connectivity index (χ1) is 10.8. The molecule has 1 unspecified atom stereocenters. The fraction of sp³-hybridized carbons (Fsp3) is 0.579. The van der Waals surface area contributed by atoms with Crippen LogP contribution < -0.4 is 10.1 Å². The molecule has 1 heterocycles. The summed E-state index contributed by atoms with van der Waals surface area (Å²) in [5, 5.41) is 3.84. The summed E-state index contributed by atoms with van der Waals surface area (Å²) in [6, 6.07) is 8.49. The second-order valence-corrected chi connectivity index (χ2v) is 6.91. The monoisotopic (exact) mass is 317 g/mol. The molecule has 120 valence electrons. The maximum atomic E-state index is 5.72. The zero-order chi connectivity index (χ0) is 15.6. The topological polar surface area (TPSA) is 21.3 Å². The molecule has 1 N–H and O–H groups in total. The second-order valence-electron chi connectivity index (χ2n) is 5.69. The number of unbranched alkanes of at least 4 members (excludes halogenated alkanes) is 1. The zero-order valence-corrected chi connectivity index (χ0v) is 14.5. The summed E-state index contributed by atoms with van der Waals surface area (Å²) in [6.07, 6.45) is 4.73. The summed E-state index contributed by atoms with van der Waals surface area (Å²) < 4.78 is 5.72. The van der Waals surface area contributed by atoms with E-state index < -0.39 is 0 Å². The summed E-state index contributed by atoms with van der Waals surface area (Å²) in [4.78, 5) is 1.29. The Morgan fingerprint density at radius 3 is 2.64 bits per heavy atom. The molecule has 0 bridgehead atoms. The Hall–Kier alpha value is -1.11. The van der Waals surface area contributed by atoms with Crippen LogP contribution in [0, 0.1) is 17.8 Å². The molecular weight excluding hydrogens is 290 g/mol. The van der Waals surface area contributed by atoms with Gasteiger partial charge in [-0.1, -0.05) is 19.3 Å². The Balaban J connectivity index is 1.92.